The minimum atomic E-state index is -0.399. The quantitative estimate of drug-likeness (QED) is 0.703. The lowest BCUT2D eigenvalue weighted by Gasteiger charge is -2.13. The first-order valence-electron chi connectivity index (χ1n) is 4.87. The van der Waals surface area contributed by atoms with E-state index >= 15 is 0 Å². The van der Waals surface area contributed by atoms with Crippen molar-refractivity contribution in [3.63, 3.8) is 0 Å². The van der Waals surface area contributed by atoms with Gasteiger partial charge >= 0.3 is 0 Å². The maximum absolute atomic E-state index is 13.5. The Morgan fingerprint density at radius 2 is 2.07 bits per heavy atom. The summed E-state index contributed by atoms with van der Waals surface area (Å²) in [5, 5.41) is 0. The molecule has 0 aliphatic heterocycles. The van der Waals surface area contributed by atoms with Gasteiger partial charge in [0.2, 0.25) is 0 Å². The zero-order valence-corrected chi connectivity index (χ0v) is 10.5. The molecule has 3 heteroatoms. The summed E-state index contributed by atoms with van der Waals surface area (Å²) in [4.78, 5) is 12.1. The summed E-state index contributed by atoms with van der Waals surface area (Å²) in [6.07, 6.45) is 0.683. The van der Waals surface area contributed by atoms with Crippen LogP contribution in [0.3, 0.4) is 0 Å². The van der Waals surface area contributed by atoms with Gasteiger partial charge in [0.1, 0.15) is 5.82 Å². The third-order valence-corrected chi connectivity index (χ3v) is 3.74. The molecule has 15 heavy (non-hydrogen) atoms. The van der Waals surface area contributed by atoms with E-state index < -0.39 is 5.41 Å². The summed E-state index contributed by atoms with van der Waals surface area (Å²) in [6.45, 7) is 5.47. The number of benzene rings is 1. The van der Waals surface area contributed by atoms with Crippen LogP contribution >= 0.6 is 15.9 Å². The molecule has 0 aromatic heterocycles. The van der Waals surface area contributed by atoms with Gasteiger partial charge in [0, 0.05) is 15.5 Å². The van der Waals surface area contributed by atoms with Crippen LogP contribution in [-0.2, 0) is 6.42 Å². The standard InChI is InChI=1S/C12H12BrFO/c1-6-9(14)4-8(13)7-5-12(2,3)11(15)10(6)7/h4H,5H2,1-3H3. The lowest BCUT2D eigenvalue weighted by atomic mass is 9.88. The second kappa shape index (κ2) is 3.14. The maximum Gasteiger partial charge on any atom is 0.169 e. The average Bonchev–Trinajstić information content (AvgIpc) is 2.36. The Hall–Kier alpha value is -0.700. The molecular formula is C12H12BrFO. The number of hydrogen-bond donors (Lipinski definition) is 0. The molecule has 0 radical (unpaired) electrons. The van der Waals surface area contributed by atoms with Crippen LogP contribution in [0.25, 0.3) is 0 Å². The molecule has 0 heterocycles. The predicted octanol–water partition coefficient (Wildman–Crippen LogP) is 3.66. The van der Waals surface area contributed by atoms with Crippen LogP contribution in [0.1, 0.15) is 35.3 Å². The van der Waals surface area contributed by atoms with Gasteiger partial charge < -0.3 is 0 Å². The van der Waals surface area contributed by atoms with Crippen molar-refractivity contribution in [2.75, 3.05) is 0 Å². The van der Waals surface area contributed by atoms with E-state index in [1.54, 1.807) is 6.92 Å². The Bertz CT molecular complexity index is 463. The molecule has 1 aromatic rings. The molecule has 0 N–H and O–H groups in total. The van der Waals surface area contributed by atoms with E-state index in [9.17, 15) is 9.18 Å². The Balaban J connectivity index is 2.75. The van der Waals surface area contributed by atoms with Gasteiger partial charge in [-0.25, -0.2) is 4.39 Å². The number of Topliss-reactive ketones (excluding diaryl/α,β-unsaturated/α-hetero) is 1. The largest absolute Gasteiger partial charge is 0.294 e. The van der Waals surface area contributed by atoms with E-state index in [1.807, 2.05) is 13.8 Å². The van der Waals surface area contributed by atoms with E-state index in [0.717, 1.165) is 5.56 Å². The van der Waals surface area contributed by atoms with Crippen molar-refractivity contribution in [2.24, 2.45) is 5.41 Å². The van der Waals surface area contributed by atoms with Gasteiger partial charge in [-0.05, 0) is 30.5 Å². The first-order valence-corrected chi connectivity index (χ1v) is 5.66. The van der Waals surface area contributed by atoms with Crippen LogP contribution < -0.4 is 0 Å². The fourth-order valence-corrected chi connectivity index (χ4v) is 2.65. The highest BCUT2D eigenvalue weighted by Gasteiger charge is 2.40. The van der Waals surface area contributed by atoms with Crippen LogP contribution in [0, 0.1) is 18.2 Å². The van der Waals surface area contributed by atoms with Crippen LogP contribution in [0.2, 0.25) is 0 Å². The second-order valence-corrected chi connectivity index (χ2v) is 5.56. The molecule has 1 aliphatic carbocycles. The van der Waals surface area contributed by atoms with Crippen molar-refractivity contribution >= 4 is 21.7 Å². The van der Waals surface area contributed by atoms with Crippen LogP contribution in [0.15, 0.2) is 10.5 Å². The van der Waals surface area contributed by atoms with Gasteiger partial charge in [0.05, 0.1) is 0 Å². The average molecular weight is 271 g/mol. The number of rotatable bonds is 0. The highest BCUT2D eigenvalue weighted by atomic mass is 79.9. The molecule has 1 nitrogen and oxygen atoms in total. The molecule has 0 amide bonds. The normalized spacial score (nSPS) is 18.1. The van der Waals surface area contributed by atoms with Crippen LogP contribution in [-0.4, -0.2) is 5.78 Å². The number of hydrogen-bond acceptors (Lipinski definition) is 1. The van der Waals surface area contributed by atoms with E-state index in [1.165, 1.54) is 6.07 Å². The van der Waals surface area contributed by atoms with Crippen LogP contribution in [0.4, 0.5) is 4.39 Å². The third kappa shape index (κ3) is 1.44. The van der Waals surface area contributed by atoms with E-state index in [0.29, 0.717) is 22.0 Å². The summed E-state index contributed by atoms with van der Waals surface area (Å²) >= 11 is 3.32. The predicted molar refractivity (Wildman–Crippen MR) is 60.7 cm³/mol. The van der Waals surface area contributed by atoms with Gasteiger partial charge in [0.25, 0.3) is 0 Å². The summed E-state index contributed by atoms with van der Waals surface area (Å²) in [5.41, 5.74) is 1.60. The highest BCUT2D eigenvalue weighted by Crippen LogP contribution is 2.41. The summed E-state index contributed by atoms with van der Waals surface area (Å²) < 4.78 is 14.2. The van der Waals surface area contributed by atoms with Crippen molar-refractivity contribution in [3.8, 4) is 0 Å². The van der Waals surface area contributed by atoms with Crippen molar-refractivity contribution in [2.45, 2.75) is 27.2 Å². The number of halogens is 2. The van der Waals surface area contributed by atoms with Crippen LogP contribution in [0.5, 0.6) is 0 Å². The van der Waals surface area contributed by atoms with Crippen molar-refractivity contribution < 1.29 is 9.18 Å². The Kier molecular flexibility index (Phi) is 2.26. The number of carbonyl (C=O) groups excluding carboxylic acids is 1. The molecule has 1 aliphatic rings. The lowest BCUT2D eigenvalue weighted by Crippen LogP contribution is -2.19. The van der Waals surface area contributed by atoms with Gasteiger partial charge in [0.15, 0.2) is 5.78 Å². The Morgan fingerprint density at radius 3 is 2.67 bits per heavy atom. The highest BCUT2D eigenvalue weighted by molar-refractivity contribution is 9.10. The Labute approximate surface area is 96.8 Å². The number of carbonyl (C=O) groups is 1. The monoisotopic (exact) mass is 270 g/mol. The van der Waals surface area contributed by atoms with Crippen molar-refractivity contribution in [3.05, 3.63) is 33.0 Å². The molecule has 0 unspecified atom stereocenters. The van der Waals surface area contributed by atoms with Crippen molar-refractivity contribution in [1.29, 1.82) is 0 Å². The molecule has 0 fully saturated rings. The minimum absolute atomic E-state index is 0.0511. The Morgan fingerprint density at radius 1 is 1.47 bits per heavy atom. The van der Waals surface area contributed by atoms with E-state index in [-0.39, 0.29) is 11.6 Å². The SMILES string of the molecule is Cc1c(F)cc(Br)c2c1C(=O)C(C)(C)C2. The molecular weight excluding hydrogens is 259 g/mol. The fourth-order valence-electron chi connectivity index (χ4n) is 2.11. The molecule has 0 spiro atoms. The molecule has 0 atom stereocenters. The molecule has 0 saturated heterocycles. The zero-order valence-electron chi connectivity index (χ0n) is 8.95. The van der Waals surface area contributed by atoms with Gasteiger partial charge in [-0.2, -0.15) is 0 Å². The molecule has 80 valence electrons. The third-order valence-electron chi connectivity index (χ3n) is 3.04. The topological polar surface area (TPSA) is 17.1 Å². The number of ketones is 1. The summed E-state index contributed by atoms with van der Waals surface area (Å²) in [6, 6.07) is 1.45. The molecule has 1 aromatic carbocycles. The maximum atomic E-state index is 13.5. The fraction of sp³-hybridized carbons (Fsp3) is 0.417. The van der Waals surface area contributed by atoms with Gasteiger partial charge in [-0.1, -0.05) is 29.8 Å². The van der Waals surface area contributed by atoms with Gasteiger partial charge in [-0.15, -0.1) is 0 Å². The zero-order chi connectivity index (χ0) is 11.4. The molecule has 0 saturated carbocycles. The summed E-state index contributed by atoms with van der Waals surface area (Å²) in [7, 11) is 0. The van der Waals surface area contributed by atoms with Gasteiger partial charge in [-0.3, -0.25) is 4.79 Å². The number of fused-ring (bicyclic) bond motifs is 1. The summed E-state index contributed by atoms with van der Waals surface area (Å²) in [5.74, 6) is -0.262. The second-order valence-electron chi connectivity index (χ2n) is 4.71. The molecule has 2 rings (SSSR count). The molecule has 0 bridgehead atoms. The first kappa shape index (κ1) is 10.8. The van der Waals surface area contributed by atoms with Crippen molar-refractivity contribution in [1.82, 2.24) is 0 Å². The first-order chi connectivity index (χ1) is 6.84. The smallest absolute Gasteiger partial charge is 0.169 e. The minimum Gasteiger partial charge on any atom is -0.294 e. The van der Waals surface area contributed by atoms with E-state index in [4.69, 9.17) is 0 Å². The lowest BCUT2D eigenvalue weighted by molar-refractivity contribution is 0.0862. The van der Waals surface area contributed by atoms with E-state index in [2.05, 4.69) is 15.9 Å².